The highest BCUT2D eigenvalue weighted by Crippen LogP contribution is 2.31. The Morgan fingerprint density at radius 1 is 1.50 bits per heavy atom. The Morgan fingerprint density at radius 2 is 2.36 bits per heavy atom. The number of thioether (sulfide) groups is 1. The van der Waals surface area contributed by atoms with Crippen LogP contribution < -0.4 is 0 Å². The van der Waals surface area contributed by atoms with E-state index < -0.39 is 0 Å². The van der Waals surface area contributed by atoms with Gasteiger partial charge in [-0.2, -0.15) is 11.8 Å². The fraction of sp³-hybridized carbons (Fsp3) is 0.500. The van der Waals surface area contributed by atoms with Crippen molar-refractivity contribution in [1.82, 2.24) is 0 Å². The minimum Gasteiger partial charge on any atom is -0.388 e. The smallest absolute Gasteiger partial charge is 0.0801 e. The van der Waals surface area contributed by atoms with Gasteiger partial charge in [-0.15, -0.1) is 0 Å². The molecule has 2 heteroatoms. The molecule has 1 heterocycles. The first-order valence-electron chi connectivity index (χ1n) is 5.18. The maximum atomic E-state index is 9.95. The molecule has 1 aromatic rings. The average molecular weight is 208 g/mol. The summed E-state index contributed by atoms with van der Waals surface area (Å²) in [5.74, 6) is 2.12. The highest BCUT2D eigenvalue weighted by Gasteiger charge is 2.16. The van der Waals surface area contributed by atoms with Gasteiger partial charge in [0.2, 0.25) is 0 Å². The largest absolute Gasteiger partial charge is 0.388 e. The van der Waals surface area contributed by atoms with E-state index >= 15 is 0 Å². The van der Waals surface area contributed by atoms with E-state index in [0.29, 0.717) is 0 Å². The van der Waals surface area contributed by atoms with E-state index in [2.05, 4.69) is 25.1 Å². The maximum Gasteiger partial charge on any atom is 0.0801 e. The maximum absolute atomic E-state index is 9.95. The zero-order valence-electron chi connectivity index (χ0n) is 8.49. The predicted octanol–water partition coefficient (Wildman–Crippen LogP) is 2.92. The minimum absolute atomic E-state index is 0.244. The fourth-order valence-corrected chi connectivity index (χ4v) is 2.86. The summed E-state index contributed by atoms with van der Waals surface area (Å²) >= 11 is 1.92. The Labute approximate surface area is 89.5 Å². The van der Waals surface area contributed by atoms with Crippen LogP contribution in [0.3, 0.4) is 0 Å². The molecule has 0 saturated carbocycles. The van der Waals surface area contributed by atoms with Gasteiger partial charge in [0.15, 0.2) is 0 Å². The molecule has 0 spiro atoms. The van der Waals surface area contributed by atoms with E-state index in [1.807, 2.05) is 11.8 Å². The van der Waals surface area contributed by atoms with E-state index in [1.54, 1.807) is 0 Å². The lowest BCUT2D eigenvalue weighted by molar-refractivity contribution is 0.175. The SMILES string of the molecule is CCc1ccc2c(c1)C(O)CCSC2. The summed E-state index contributed by atoms with van der Waals surface area (Å²) in [6.07, 6.45) is 1.70. The van der Waals surface area contributed by atoms with E-state index in [0.717, 1.165) is 29.9 Å². The molecule has 0 bridgehead atoms. The number of aliphatic hydroxyl groups excluding tert-OH is 1. The summed E-state index contributed by atoms with van der Waals surface area (Å²) < 4.78 is 0. The van der Waals surface area contributed by atoms with Gasteiger partial charge in [0.1, 0.15) is 0 Å². The van der Waals surface area contributed by atoms with Crippen LogP contribution >= 0.6 is 11.8 Å². The Balaban J connectivity index is 2.39. The van der Waals surface area contributed by atoms with Crippen molar-refractivity contribution in [3.63, 3.8) is 0 Å². The van der Waals surface area contributed by atoms with Gasteiger partial charge in [0.05, 0.1) is 6.10 Å². The Kier molecular flexibility index (Phi) is 3.14. The standard InChI is InChI=1S/C12H16OS/c1-2-9-3-4-10-8-14-6-5-12(13)11(10)7-9/h3-4,7,12-13H,2,5-6,8H2,1H3. The first kappa shape index (κ1) is 10.1. The molecule has 76 valence electrons. The topological polar surface area (TPSA) is 20.2 Å². The van der Waals surface area contributed by atoms with Crippen LogP contribution in [-0.4, -0.2) is 10.9 Å². The van der Waals surface area contributed by atoms with E-state index in [9.17, 15) is 5.11 Å². The van der Waals surface area contributed by atoms with Gasteiger partial charge in [0, 0.05) is 5.75 Å². The highest BCUT2D eigenvalue weighted by molar-refractivity contribution is 7.98. The monoisotopic (exact) mass is 208 g/mol. The van der Waals surface area contributed by atoms with Crippen molar-refractivity contribution >= 4 is 11.8 Å². The van der Waals surface area contributed by atoms with Crippen molar-refractivity contribution in [3.8, 4) is 0 Å². The number of hydrogen-bond donors (Lipinski definition) is 1. The quantitative estimate of drug-likeness (QED) is 0.765. The molecule has 1 unspecified atom stereocenters. The minimum atomic E-state index is -0.244. The second-order valence-electron chi connectivity index (χ2n) is 3.74. The second-order valence-corrected chi connectivity index (χ2v) is 4.85. The van der Waals surface area contributed by atoms with Gasteiger partial charge < -0.3 is 5.11 Å². The third-order valence-corrected chi connectivity index (χ3v) is 3.81. The van der Waals surface area contributed by atoms with Crippen molar-refractivity contribution in [2.75, 3.05) is 5.75 Å². The fourth-order valence-electron chi connectivity index (χ4n) is 1.84. The molecule has 1 aliphatic heterocycles. The molecule has 1 aromatic carbocycles. The molecule has 0 saturated heterocycles. The summed E-state index contributed by atoms with van der Waals surface area (Å²) in [6, 6.07) is 6.53. The van der Waals surface area contributed by atoms with Crippen LogP contribution in [0, 0.1) is 0 Å². The van der Waals surface area contributed by atoms with E-state index in [-0.39, 0.29) is 6.10 Å². The molecule has 1 nitrogen and oxygen atoms in total. The molecule has 0 fully saturated rings. The number of aryl methyl sites for hydroxylation is 1. The van der Waals surface area contributed by atoms with Crippen LogP contribution in [0.5, 0.6) is 0 Å². The molecule has 2 rings (SSSR count). The average Bonchev–Trinajstić information content (AvgIpc) is 2.40. The van der Waals surface area contributed by atoms with Crippen molar-refractivity contribution in [2.45, 2.75) is 31.6 Å². The molecular weight excluding hydrogens is 192 g/mol. The van der Waals surface area contributed by atoms with Gasteiger partial charge in [0.25, 0.3) is 0 Å². The first-order valence-corrected chi connectivity index (χ1v) is 6.34. The van der Waals surface area contributed by atoms with E-state index in [1.165, 1.54) is 11.1 Å². The zero-order valence-corrected chi connectivity index (χ0v) is 9.31. The summed E-state index contributed by atoms with van der Waals surface area (Å²) in [4.78, 5) is 0. The highest BCUT2D eigenvalue weighted by atomic mass is 32.2. The molecule has 14 heavy (non-hydrogen) atoms. The number of rotatable bonds is 1. The van der Waals surface area contributed by atoms with Crippen molar-refractivity contribution < 1.29 is 5.11 Å². The van der Waals surface area contributed by atoms with Crippen LogP contribution in [0.15, 0.2) is 18.2 Å². The van der Waals surface area contributed by atoms with Crippen molar-refractivity contribution in [2.24, 2.45) is 0 Å². The normalized spacial score (nSPS) is 21.4. The summed E-state index contributed by atoms with van der Waals surface area (Å²) in [6.45, 7) is 2.15. The first-order chi connectivity index (χ1) is 6.81. The zero-order chi connectivity index (χ0) is 9.97. The van der Waals surface area contributed by atoms with Gasteiger partial charge >= 0.3 is 0 Å². The molecule has 1 atom stereocenters. The summed E-state index contributed by atoms with van der Waals surface area (Å²) in [7, 11) is 0. The summed E-state index contributed by atoms with van der Waals surface area (Å²) in [5.41, 5.74) is 3.81. The van der Waals surface area contributed by atoms with Gasteiger partial charge in [-0.05, 0) is 35.3 Å². The van der Waals surface area contributed by atoms with Crippen LogP contribution in [0.2, 0.25) is 0 Å². The van der Waals surface area contributed by atoms with Gasteiger partial charge in [-0.25, -0.2) is 0 Å². The van der Waals surface area contributed by atoms with Gasteiger partial charge in [-0.1, -0.05) is 25.1 Å². The van der Waals surface area contributed by atoms with E-state index in [4.69, 9.17) is 0 Å². The molecular formula is C12H16OS. The molecule has 0 aromatic heterocycles. The molecule has 1 N–H and O–H groups in total. The van der Waals surface area contributed by atoms with Crippen LogP contribution in [0.25, 0.3) is 0 Å². The third kappa shape index (κ3) is 1.96. The molecule has 1 aliphatic rings. The lowest BCUT2D eigenvalue weighted by Gasteiger charge is -2.12. The summed E-state index contributed by atoms with van der Waals surface area (Å²) in [5, 5.41) is 9.95. The number of fused-ring (bicyclic) bond motifs is 1. The van der Waals surface area contributed by atoms with Crippen molar-refractivity contribution in [3.05, 3.63) is 34.9 Å². The van der Waals surface area contributed by atoms with Gasteiger partial charge in [-0.3, -0.25) is 0 Å². The number of hydrogen-bond acceptors (Lipinski definition) is 2. The van der Waals surface area contributed by atoms with Crippen molar-refractivity contribution in [1.29, 1.82) is 0 Å². The van der Waals surface area contributed by atoms with Crippen LogP contribution in [0.4, 0.5) is 0 Å². The Hall–Kier alpha value is -0.470. The number of aliphatic hydroxyl groups is 1. The lowest BCUT2D eigenvalue weighted by atomic mass is 9.98. The third-order valence-electron chi connectivity index (χ3n) is 2.77. The second kappa shape index (κ2) is 4.37. The van der Waals surface area contributed by atoms with Crippen LogP contribution in [0.1, 0.15) is 36.1 Å². The Bertz CT molecular complexity index is 322. The molecule has 0 radical (unpaired) electrons. The number of benzene rings is 1. The Morgan fingerprint density at radius 3 is 3.14 bits per heavy atom. The molecule has 0 amide bonds. The lowest BCUT2D eigenvalue weighted by Crippen LogP contribution is -2.00. The molecule has 0 aliphatic carbocycles. The van der Waals surface area contributed by atoms with Crippen LogP contribution in [-0.2, 0) is 12.2 Å². The predicted molar refractivity (Wildman–Crippen MR) is 61.6 cm³/mol.